The summed E-state index contributed by atoms with van der Waals surface area (Å²) >= 11 is 0. The molecule has 1 aliphatic heterocycles. The number of nitrogens with one attached hydrogen (secondary N) is 1. The molecule has 0 aliphatic carbocycles. The minimum absolute atomic E-state index is 0.112. The molecule has 104 valence electrons. The fourth-order valence-electron chi connectivity index (χ4n) is 2.26. The van der Waals surface area contributed by atoms with Crippen molar-refractivity contribution in [1.29, 1.82) is 0 Å². The van der Waals surface area contributed by atoms with Crippen molar-refractivity contribution in [2.24, 2.45) is 11.1 Å². The van der Waals surface area contributed by atoms with Gasteiger partial charge in [0.25, 0.3) is 0 Å². The summed E-state index contributed by atoms with van der Waals surface area (Å²) in [5.41, 5.74) is 6.93. The van der Waals surface area contributed by atoms with Crippen LogP contribution >= 0.6 is 0 Å². The molecule has 0 unspecified atom stereocenters. The standard InChI is InChI=1S/C15H22N2O2/c1-15(7-9-19-10-8-15)11-17-14(18)13(16)12-5-3-2-4-6-12/h2-6,13H,7-11,16H2,1H3,(H,17,18)/t13-/m0/s1. The molecule has 0 spiro atoms. The van der Waals surface area contributed by atoms with Gasteiger partial charge in [0.2, 0.25) is 5.91 Å². The Morgan fingerprint density at radius 2 is 2.00 bits per heavy atom. The maximum Gasteiger partial charge on any atom is 0.241 e. The van der Waals surface area contributed by atoms with Crippen molar-refractivity contribution in [3.63, 3.8) is 0 Å². The normalized spacial score (nSPS) is 19.7. The minimum Gasteiger partial charge on any atom is -0.381 e. The van der Waals surface area contributed by atoms with Gasteiger partial charge in [0.1, 0.15) is 6.04 Å². The molecule has 0 aromatic heterocycles. The van der Waals surface area contributed by atoms with E-state index in [1.54, 1.807) is 0 Å². The third-order valence-electron chi connectivity index (χ3n) is 3.83. The van der Waals surface area contributed by atoms with Gasteiger partial charge in [0.15, 0.2) is 0 Å². The second kappa shape index (κ2) is 6.17. The third kappa shape index (κ3) is 3.78. The number of carbonyl (C=O) groups is 1. The topological polar surface area (TPSA) is 64.4 Å². The first-order valence-corrected chi connectivity index (χ1v) is 6.77. The molecule has 1 aromatic carbocycles. The van der Waals surface area contributed by atoms with Crippen LogP contribution in [0, 0.1) is 5.41 Å². The van der Waals surface area contributed by atoms with Gasteiger partial charge < -0.3 is 15.8 Å². The summed E-state index contributed by atoms with van der Waals surface area (Å²) in [5, 5.41) is 2.97. The van der Waals surface area contributed by atoms with E-state index in [9.17, 15) is 4.79 Å². The lowest BCUT2D eigenvalue weighted by atomic mass is 9.82. The second-order valence-corrected chi connectivity index (χ2v) is 5.53. The van der Waals surface area contributed by atoms with Crippen molar-refractivity contribution in [2.45, 2.75) is 25.8 Å². The maximum absolute atomic E-state index is 12.1. The van der Waals surface area contributed by atoms with E-state index in [-0.39, 0.29) is 11.3 Å². The Balaban J connectivity index is 1.87. The van der Waals surface area contributed by atoms with Gasteiger partial charge in [-0.15, -0.1) is 0 Å². The monoisotopic (exact) mass is 262 g/mol. The fourth-order valence-corrected chi connectivity index (χ4v) is 2.26. The van der Waals surface area contributed by atoms with E-state index >= 15 is 0 Å². The van der Waals surface area contributed by atoms with Crippen LogP contribution in [0.15, 0.2) is 30.3 Å². The van der Waals surface area contributed by atoms with Gasteiger partial charge in [-0.25, -0.2) is 0 Å². The first kappa shape index (κ1) is 14.0. The Morgan fingerprint density at radius 3 is 2.63 bits per heavy atom. The van der Waals surface area contributed by atoms with E-state index in [1.807, 2.05) is 30.3 Å². The summed E-state index contributed by atoms with van der Waals surface area (Å²) in [5.74, 6) is -0.112. The maximum atomic E-state index is 12.1. The van der Waals surface area contributed by atoms with Gasteiger partial charge in [-0.2, -0.15) is 0 Å². The van der Waals surface area contributed by atoms with Gasteiger partial charge in [-0.3, -0.25) is 4.79 Å². The zero-order valence-electron chi connectivity index (χ0n) is 11.4. The highest BCUT2D eigenvalue weighted by Crippen LogP contribution is 2.28. The fraction of sp³-hybridized carbons (Fsp3) is 0.533. The molecule has 2 rings (SSSR count). The summed E-state index contributed by atoms with van der Waals surface area (Å²) in [6.07, 6.45) is 1.96. The van der Waals surface area contributed by atoms with Crippen LogP contribution in [0.5, 0.6) is 0 Å². The second-order valence-electron chi connectivity index (χ2n) is 5.53. The van der Waals surface area contributed by atoms with Gasteiger partial charge in [0, 0.05) is 19.8 Å². The first-order chi connectivity index (χ1) is 9.11. The Bertz CT molecular complexity index is 413. The van der Waals surface area contributed by atoms with Gasteiger partial charge >= 0.3 is 0 Å². The molecule has 1 heterocycles. The van der Waals surface area contributed by atoms with Crippen LogP contribution in [0.1, 0.15) is 31.4 Å². The molecule has 1 atom stereocenters. The van der Waals surface area contributed by atoms with Crippen LogP contribution < -0.4 is 11.1 Å². The number of amides is 1. The molecule has 19 heavy (non-hydrogen) atoms. The predicted molar refractivity (Wildman–Crippen MR) is 74.5 cm³/mol. The first-order valence-electron chi connectivity index (χ1n) is 6.77. The molecule has 1 aliphatic rings. The average molecular weight is 262 g/mol. The number of benzene rings is 1. The number of nitrogens with two attached hydrogens (primary N) is 1. The van der Waals surface area contributed by atoms with Crippen LogP contribution in [0.4, 0.5) is 0 Å². The molecule has 1 fully saturated rings. The van der Waals surface area contributed by atoms with E-state index in [0.29, 0.717) is 6.54 Å². The highest BCUT2D eigenvalue weighted by atomic mass is 16.5. The Morgan fingerprint density at radius 1 is 1.37 bits per heavy atom. The van der Waals surface area contributed by atoms with Crippen molar-refractivity contribution in [3.8, 4) is 0 Å². The molecule has 0 saturated carbocycles. The lowest BCUT2D eigenvalue weighted by molar-refractivity contribution is -0.123. The van der Waals surface area contributed by atoms with Crippen molar-refractivity contribution in [3.05, 3.63) is 35.9 Å². The number of hydrogen-bond donors (Lipinski definition) is 2. The Labute approximate surface area is 114 Å². The van der Waals surface area contributed by atoms with Gasteiger partial charge in [-0.05, 0) is 23.8 Å². The largest absolute Gasteiger partial charge is 0.381 e. The zero-order chi connectivity index (χ0) is 13.7. The van der Waals surface area contributed by atoms with Crippen molar-refractivity contribution in [1.82, 2.24) is 5.32 Å². The molecule has 0 bridgehead atoms. The van der Waals surface area contributed by atoms with Crippen LogP contribution in [0.25, 0.3) is 0 Å². The summed E-state index contributed by atoms with van der Waals surface area (Å²) in [6, 6.07) is 8.85. The summed E-state index contributed by atoms with van der Waals surface area (Å²) < 4.78 is 5.35. The molecule has 1 amide bonds. The van der Waals surface area contributed by atoms with E-state index in [1.165, 1.54) is 0 Å². The summed E-state index contributed by atoms with van der Waals surface area (Å²) in [7, 11) is 0. The minimum atomic E-state index is -0.593. The molecule has 3 N–H and O–H groups in total. The number of rotatable bonds is 4. The Hall–Kier alpha value is -1.39. The van der Waals surface area contributed by atoms with Crippen LogP contribution in [-0.2, 0) is 9.53 Å². The third-order valence-corrected chi connectivity index (χ3v) is 3.83. The lowest BCUT2D eigenvalue weighted by Crippen LogP contribution is -2.42. The van der Waals surface area contributed by atoms with E-state index < -0.39 is 6.04 Å². The molecule has 4 nitrogen and oxygen atoms in total. The summed E-state index contributed by atoms with van der Waals surface area (Å²) in [4.78, 5) is 12.1. The van der Waals surface area contributed by atoms with Crippen LogP contribution in [-0.4, -0.2) is 25.7 Å². The smallest absolute Gasteiger partial charge is 0.241 e. The molecular formula is C15H22N2O2. The zero-order valence-corrected chi connectivity index (χ0v) is 11.4. The molecule has 0 radical (unpaired) electrons. The highest BCUT2D eigenvalue weighted by Gasteiger charge is 2.28. The molecule has 1 saturated heterocycles. The molecular weight excluding hydrogens is 240 g/mol. The quantitative estimate of drug-likeness (QED) is 0.866. The lowest BCUT2D eigenvalue weighted by Gasteiger charge is -2.33. The van der Waals surface area contributed by atoms with Crippen molar-refractivity contribution >= 4 is 5.91 Å². The van der Waals surface area contributed by atoms with E-state index in [0.717, 1.165) is 31.6 Å². The van der Waals surface area contributed by atoms with Gasteiger partial charge in [-0.1, -0.05) is 37.3 Å². The summed E-state index contributed by atoms with van der Waals surface area (Å²) in [6.45, 7) is 4.40. The highest BCUT2D eigenvalue weighted by molar-refractivity contribution is 5.82. The number of hydrogen-bond acceptors (Lipinski definition) is 3. The van der Waals surface area contributed by atoms with Gasteiger partial charge in [0.05, 0.1) is 0 Å². The van der Waals surface area contributed by atoms with Crippen molar-refractivity contribution < 1.29 is 9.53 Å². The van der Waals surface area contributed by atoms with E-state index in [2.05, 4.69) is 12.2 Å². The van der Waals surface area contributed by atoms with Crippen LogP contribution in [0.2, 0.25) is 0 Å². The average Bonchev–Trinajstić information content (AvgIpc) is 2.46. The van der Waals surface area contributed by atoms with Crippen molar-refractivity contribution in [2.75, 3.05) is 19.8 Å². The Kier molecular flexibility index (Phi) is 4.56. The predicted octanol–water partition coefficient (Wildman–Crippen LogP) is 1.62. The SMILES string of the molecule is CC1(CNC(=O)[C@@H](N)c2ccccc2)CCOCC1. The molecule has 1 aromatic rings. The van der Waals surface area contributed by atoms with E-state index in [4.69, 9.17) is 10.5 Å². The number of ether oxygens (including phenoxy) is 1. The molecule has 4 heteroatoms. The number of carbonyl (C=O) groups excluding carboxylic acids is 1. The van der Waals surface area contributed by atoms with Crippen LogP contribution in [0.3, 0.4) is 0 Å².